The van der Waals surface area contributed by atoms with Gasteiger partial charge in [0.25, 0.3) is 5.91 Å². The summed E-state index contributed by atoms with van der Waals surface area (Å²) in [5, 5.41) is 7.40. The third-order valence-electron chi connectivity index (χ3n) is 5.97. The molecule has 0 radical (unpaired) electrons. The number of likely N-dealkylation sites (N-methyl/N-ethyl adjacent to an activating group) is 1. The predicted molar refractivity (Wildman–Crippen MR) is 115 cm³/mol. The van der Waals surface area contributed by atoms with Crippen molar-refractivity contribution in [1.29, 1.82) is 0 Å². The molecule has 2 N–H and O–H groups in total. The molecule has 1 aliphatic heterocycles. The molecule has 0 bridgehead atoms. The molecule has 2 aromatic carbocycles. The van der Waals surface area contributed by atoms with Crippen LogP contribution in [0, 0.1) is 0 Å². The summed E-state index contributed by atoms with van der Waals surface area (Å²) >= 11 is 0. The van der Waals surface area contributed by atoms with E-state index in [-0.39, 0.29) is 5.91 Å². The number of carbonyl (C=O) groups is 1. The van der Waals surface area contributed by atoms with Crippen LogP contribution in [0.15, 0.2) is 66.9 Å². The molecule has 2 heterocycles. The highest BCUT2D eigenvalue weighted by Crippen LogP contribution is 2.23. The number of aromatic nitrogens is 2. The molecule has 1 aromatic heterocycles. The van der Waals surface area contributed by atoms with Gasteiger partial charge in [0.2, 0.25) is 0 Å². The van der Waals surface area contributed by atoms with Crippen LogP contribution in [-0.2, 0) is 6.54 Å². The summed E-state index contributed by atoms with van der Waals surface area (Å²) in [6.45, 7) is 5.88. The Morgan fingerprint density at radius 2 is 1.86 bits per heavy atom. The Morgan fingerprint density at radius 3 is 2.59 bits per heavy atom. The zero-order valence-electron chi connectivity index (χ0n) is 17.0. The number of amides is 1. The molecule has 4 rings (SSSR count). The topological polar surface area (TPSA) is 53.4 Å². The first kappa shape index (κ1) is 19.4. The number of carbonyl (C=O) groups excluding carboxylic acids is 1. The van der Waals surface area contributed by atoms with Crippen molar-refractivity contribution in [3.8, 4) is 11.3 Å². The maximum absolute atomic E-state index is 13.4. The van der Waals surface area contributed by atoms with Crippen LogP contribution in [0.4, 0.5) is 0 Å². The zero-order chi connectivity index (χ0) is 20.1. The minimum Gasteiger partial charge on any atom is -0.331 e. The average molecular weight is 390 g/mol. The standard InChI is InChI=1S/C24H28N4O/c1-2-27-15-9-14-22(27)18-28(24(29)20-12-7-4-8-13-20)17-21-16-25-26-23(21)19-10-5-3-6-11-19/h3-8,10-13,16,22H,2,9,14-15,17-18H2,1H3,(H,25,26)/p+1/t22-/m0/s1. The summed E-state index contributed by atoms with van der Waals surface area (Å²) in [4.78, 5) is 17.0. The van der Waals surface area contributed by atoms with Crippen LogP contribution in [0.1, 0.15) is 35.7 Å². The number of aromatic amines is 1. The minimum atomic E-state index is 0.0909. The molecule has 1 saturated heterocycles. The molecule has 29 heavy (non-hydrogen) atoms. The van der Waals surface area contributed by atoms with Crippen LogP contribution >= 0.6 is 0 Å². The summed E-state index contributed by atoms with van der Waals surface area (Å²) in [5.74, 6) is 0.0909. The van der Waals surface area contributed by atoms with E-state index < -0.39 is 0 Å². The normalized spacial score (nSPS) is 18.7. The largest absolute Gasteiger partial charge is 0.331 e. The quantitative estimate of drug-likeness (QED) is 0.653. The molecular weight excluding hydrogens is 360 g/mol. The van der Waals surface area contributed by atoms with Gasteiger partial charge in [-0.2, -0.15) is 5.10 Å². The minimum absolute atomic E-state index is 0.0909. The van der Waals surface area contributed by atoms with Crippen molar-refractivity contribution in [2.75, 3.05) is 19.6 Å². The number of hydrogen-bond donors (Lipinski definition) is 2. The van der Waals surface area contributed by atoms with Crippen LogP contribution in [0.3, 0.4) is 0 Å². The van der Waals surface area contributed by atoms with Gasteiger partial charge in [-0.15, -0.1) is 0 Å². The number of quaternary nitrogens is 1. The molecule has 0 spiro atoms. The van der Waals surface area contributed by atoms with Gasteiger partial charge >= 0.3 is 0 Å². The Labute approximate surface area is 172 Å². The first-order chi connectivity index (χ1) is 14.3. The fourth-order valence-corrected chi connectivity index (χ4v) is 4.41. The van der Waals surface area contributed by atoms with Gasteiger partial charge in [-0.1, -0.05) is 48.5 Å². The van der Waals surface area contributed by atoms with Crippen molar-refractivity contribution in [2.45, 2.75) is 32.4 Å². The molecule has 5 nitrogen and oxygen atoms in total. The monoisotopic (exact) mass is 389 g/mol. The van der Waals surface area contributed by atoms with E-state index in [2.05, 4.69) is 29.3 Å². The maximum Gasteiger partial charge on any atom is 0.254 e. The van der Waals surface area contributed by atoms with Crippen LogP contribution in [-0.4, -0.2) is 46.7 Å². The van der Waals surface area contributed by atoms with Crippen molar-refractivity contribution in [2.24, 2.45) is 0 Å². The highest BCUT2D eigenvalue weighted by atomic mass is 16.2. The van der Waals surface area contributed by atoms with Gasteiger partial charge in [-0.05, 0) is 24.6 Å². The fraction of sp³-hybridized carbons (Fsp3) is 0.333. The Morgan fingerprint density at radius 1 is 1.14 bits per heavy atom. The third-order valence-corrected chi connectivity index (χ3v) is 5.97. The van der Waals surface area contributed by atoms with Crippen molar-refractivity contribution < 1.29 is 9.69 Å². The van der Waals surface area contributed by atoms with Crippen LogP contribution < -0.4 is 4.90 Å². The van der Waals surface area contributed by atoms with Crippen molar-refractivity contribution in [3.63, 3.8) is 0 Å². The first-order valence-corrected chi connectivity index (χ1v) is 10.5. The lowest BCUT2D eigenvalue weighted by molar-refractivity contribution is -0.909. The van der Waals surface area contributed by atoms with Crippen molar-refractivity contribution in [1.82, 2.24) is 15.1 Å². The Balaban J connectivity index is 1.61. The molecule has 150 valence electrons. The molecule has 5 heteroatoms. The molecule has 2 atom stereocenters. The van der Waals surface area contributed by atoms with Crippen LogP contribution in [0.25, 0.3) is 11.3 Å². The lowest BCUT2D eigenvalue weighted by atomic mass is 10.1. The summed E-state index contributed by atoms with van der Waals surface area (Å²) in [5.41, 5.74) is 3.88. The van der Waals surface area contributed by atoms with Gasteiger partial charge in [0.15, 0.2) is 0 Å². The Kier molecular flexibility index (Phi) is 6.06. The lowest BCUT2D eigenvalue weighted by Gasteiger charge is -2.28. The highest BCUT2D eigenvalue weighted by Gasteiger charge is 2.31. The number of nitrogens with one attached hydrogen (secondary N) is 2. The summed E-state index contributed by atoms with van der Waals surface area (Å²) in [6, 6.07) is 20.3. The maximum atomic E-state index is 13.4. The van der Waals surface area contributed by atoms with E-state index in [4.69, 9.17) is 0 Å². The summed E-state index contributed by atoms with van der Waals surface area (Å²) in [7, 11) is 0. The number of likely N-dealkylation sites (tertiary alicyclic amines) is 1. The Hall–Kier alpha value is -2.92. The predicted octanol–water partition coefficient (Wildman–Crippen LogP) is 2.79. The van der Waals surface area contributed by atoms with E-state index in [0.717, 1.165) is 35.5 Å². The first-order valence-electron chi connectivity index (χ1n) is 10.5. The van der Waals surface area contributed by atoms with Gasteiger partial charge in [0.1, 0.15) is 6.04 Å². The molecular formula is C24H29N4O+. The second kappa shape index (κ2) is 9.05. The fourth-order valence-electron chi connectivity index (χ4n) is 4.41. The van der Waals surface area contributed by atoms with Crippen molar-refractivity contribution >= 4 is 5.91 Å². The van der Waals surface area contributed by atoms with Gasteiger partial charge < -0.3 is 9.80 Å². The second-order valence-electron chi connectivity index (χ2n) is 7.79. The SMILES string of the molecule is CC[NH+]1CCC[C@H]1CN(Cc1cn[nH]c1-c1ccccc1)C(=O)c1ccccc1. The van der Waals surface area contributed by atoms with Crippen molar-refractivity contribution in [3.05, 3.63) is 78.0 Å². The van der Waals surface area contributed by atoms with Crippen LogP contribution in [0.5, 0.6) is 0 Å². The number of benzene rings is 2. The van der Waals surface area contributed by atoms with E-state index in [9.17, 15) is 4.79 Å². The third kappa shape index (κ3) is 4.40. The molecule has 0 aliphatic carbocycles. The van der Waals surface area contributed by atoms with E-state index in [1.54, 1.807) is 4.90 Å². The van der Waals surface area contributed by atoms with Crippen LogP contribution in [0.2, 0.25) is 0 Å². The molecule has 1 unspecified atom stereocenters. The molecule has 1 fully saturated rings. The molecule has 1 amide bonds. The van der Waals surface area contributed by atoms with E-state index >= 15 is 0 Å². The number of H-pyrrole nitrogens is 1. The summed E-state index contributed by atoms with van der Waals surface area (Å²) < 4.78 is 0. The molecule has 1 aliphatic rings. The number of rotatable bonds is 7. The van der Waals surface area contributed by atoms with Gasteiger partial charge in [0.05, 0.1) is 31.5 Å². The van der Waals surface area contributed by atoms with Gasteiger partial charge in [-0.25, -0.2) is 0 Å². The smallest absolute Gasteiger partial charge is 0.254 e. The lowest BCUT2D eigenvalue weighted by Crippen LogP contribution is -3.14. The highest BCUT2D eigenvalue weighted by molar-refractivity contribution is 5.94. The Bertz CT molecular complexity index is 922. The van der Waals surface area contributed by atoms with E-state index in [1.165, 1.54) is 19.4 Å². The zero-order valence-corrected chi connectivity index (χ0v) is 17.0. The molecule has 0 saturated carbocycles. The van der Waals surface area contributed by atoms with E-state index in [0.29, 0.717) is 12.6 Å². The number of hydrogen-bond acceptors (Lipinski definition) is 2. The number of nitrogens with zero attached hydrogens (tertiary/aromatic N) is 2. The summed E-state index contributed by atoms with van der Waals surface area (Å²) in [6.07, 6.45) is 4.27. The molecule has 3 aromatic rings. The second-order valence-corrected chi connectivity index (χ2v) is 7.79. The van der Waals surface area contributed by atoms with E-state index in [1.807, 2.05) is 59.6 Å². The van der Waals surface area contributed by atoms with Gasteiger partial charge in [-0.3, -0.25) is 9.89 Å². The average Bonchev–Trinajstić information content (AvgIpc) is 3.43. The van der Waals surface area contributed by atoms with Gasteiger partial charge in [0, 0.05) is 30.5 Å².